The fraction of sp³-hybridized carbons (Fsp3) is 0.357. The summed E-state index contributed by atoms with van der Waals surface area (Å²) in [7, 11) is 1.46. The zero-order chi connectivity index (χ0) is 14.9. The summed E-state index contributed by atoms with van der Waals surface area (Å²) in [6.07, 6.45) is 1.31. The number of hydrogen-bond donors (Lipinski definition) is 1. The lowest BCUT2D eigenvalue weighted by Gasteiger charge is -2.17. The lowest BCUT2D eigenvalue weighted by Crippen LogP contribution is -2.25. The molecule has 0 bridgehead atoms. The van der Waals surface area contributed by atoms with Crippen molar-refractivity contribution in [3.05, 3.63) is 28.8 Å². The van der Waals surface area contributed by atoms with Crippen LogP contribution in [-0.4, -0.2) is 23.0 Å². The number of rotatable bonds is 2. The van der Waals surface area contributed by atoms with Crippen molar-refractivity contribution in [2.45, 2.75) is 20.8 Å². The number of ether oxygens (including phenoxy) is 2. The largest absolute Gasteiger partial charge is 0.493 e. The summed E-state index contributed by atoms with van der Waals surface area (Å²) in [5, 5.41) is 0.338. The fourth-order valence-corrected chi connectivity index (χ4v) is 1.57. The van der Waals surface area contributed by atoms with Gasteiger partial charge in [-0.2, -0.15) is 0 Å². The number of H-pyrrole nitrogens is 1. The molecule has 0 aliphatic rings. The lowest BCUT2D eigenvalue weighted by molar-refractivity contribution is -0.143. The lowest BCUT2D eigenvalue weighted by atomic mass is 9.97. The van der Waals surface area contributed by atoms with Crippen molar-refractivity contribution in [2.75, 3.05) is 7.11 Å². The van der Waals surface area contributed by atoms with Crippen LogP contribution in [0.2, 0.25) is 0 Å². The van der Waals surface area contributed by atoms with E-state index in [4.69, 9.17) is 9.47 Å². The van der Waals surface area contributed by atoms with Crippen LogP contribution in [0.1, 0.15) is 20.8 Å². The van der Waals surface area contributed by atoms with Crippen molar-refractivity contribution in [2.24, 2.45) is 5.41 Å². The molecule has 0 unspecified atom stereocenters. The number of fused-ring (bicyclic) bond motifs is 1. The molecule has 106 valence electrons. The van der Waals surface area contributed by atoms with Crippen molar-refractivity contribution < 1.29 is 14.3 Å². The van der Waals surface area contributed by atoms with Crippen molar-refractivity contribution in [1.29, 1.82) is 0 Å². The Labute approximate surface area is 115 Å². The van der Waals surface area contributed by atoms with Gasteiger partial charge in [-0.1, -0.05) is 0 Å². The van der Waals surface area contributed by atoms with E-state index in [9.17, 15) is 9.59 Å². The predicted octanol–water partition coefficient (Wildman–Crippen LogP) is 1.88. The Kier molecular flexibility index (Phi) is 3.48. The van der Waals surface area contributed by atoms with Crippen molar-refractivity contribution in [1.82, 2.24) is 9.97 Å². The van der Waals surface area contributed by atoms with Gasteiger partial charge in [-0.3, -0.25) is 9.59 Å². The van der Waals surface area contributed by atoms with E-state index in [2.05, 4.69) is 9.97 Å². The molecule has 0 amide bonds. The molecule has 0 fully saturated rings. The molecule has 0 atom stereocenters. The number of benzene rings is 1. The Balaban J connectivity index is 2.54. The average Bonchev–Trinajstić information content (AvgIpc) is 2.38. The second kappa shape index (κ2) is 4.96. The topological polar surface area (TPSA) is 81.3 Å². The minimum atomic E-state index is -0.651. The number of aromatic amines is 1. The number of nitrogens with one attached hydrogen (secondary N) is 1. The van der Waals surface area contributed by atoms with Gasteiger partial charge in [-0.25, -0.2) is 4.98 Å². The van der Waals surface area contributed by atoms with Gasteiger partial charge in [0.05, 0.1) is 29.8 Å². The van der Waals surface area contributed by atoms with Crippen molar-refractivity contribution >= 4 is 16.9 Å². The van der Waals surface area contributed by atoms with Crippen molar-refractivity contribution in [3.8, 4) is 11.5 Å². The van der Waals surface area contributed by atoms with E-state index in [1.165, 1.54) is 19.5 Å². The van der Waals surface area contributed by atoms with Gasteiger partial charge in [0.1, 0.15) is 0 Å². The fourth-order valence-electron chi connectivity index (χ4n) is 1.57. The first-order chi connectivity index (χ1) is 9.32. The second-order valence-electron chi connectivity index (χ2n) is 5.39. The standard InChI is InChI=1S/C14H16N2O4/c1-14(2,3)13(18)20-11-5-8-9(6-10(11)19-4)15-7-16-12(8)17/h5-7H,1-4H3,(H,15,16,17). The third-order valence-electron chi connectivity index (χ3n) is 2.74. The van der Waals surface area contributed by atoms with Crippen LogP contribution in [0.3, 0.4) is 0 Å². The van der Waals surface area contributed by atoms with Gasteiger partial charge in [-0.15, -0.1) is 0 Å². The van der Waals surface area contributed by atoms with Gasteiger partial charge in [0.15, 0.2) is 11.5 Å². The molecule has 0 saturated carbocycles. The summed E-state index contributed by atoms with van der Waals surface area (Å²) in [5.74, 6) is 0.155. The van der Waals surface area contributed by atoms with E-state index < -0.39 is 11.4 Å². The van der Waals surface area contributed by atoms with E-state index in [1.54, 1.807) is 26.8 Å². The molecule has 1 aromatic carbocycles. The third kappa shape index (κ3) is 2.64. The molecule has 2 aromatic rings. The molecule has 0 saturated heterocycles. The number of methoxy groups -OCH3 is 1. The van der Waals surface area contributed by atoms with Crippen LogP contribution in [0, 0.1) is 5.41 Å². The van der Waals surface area contributed by atoms with Gasteiger partial charge < -0.3 is 14.5 Å². The summed E-state index contributed by atoms with van der Waals surface area (Å²) in [6, 6.07) is 3.03. The second-order valence-corrected chi connectivity index (χ2v) is 5.39. The van der Waals surface area contributed by atoms with E-state index in [1.807, 2.05) is 0 Å². The van der Waals surface area contributed by atoms with E-state index >= 15 is 0 Å². The highest BCUT2D eigenvalue weighted by molar-refractivity contribution is 5.84. The van der Waals surface area contributed by atoms with Gasteiger partial charge in [-0.05, 0) is 26.8 Å². The summed E-state index contributed by atoms with van der Waals surface area (Å²) < 4.78 is 10.5. The molecule has 0 spiro atoms. The average molecular weight is 276 g/mol. The molecule has 0 aliphatic carbocycles. The number of aromatic nitrogens is 2. The van der Waals surface area contributed by atoms with Crippen LogP contribution in [-0.2, 0) is 4.79 Å². The SMILES string of the molecule is COc1cc2nc[nH]c(=O)c2cc1OC(=O)C(C)(C)C. The molecule has 6 nitrogen and oxygen atoms in total. The molecule has 1 aromatic heterocycles. The van der Waals surface area contributed by atoms with Gasteiger partial charge in [0.2, 0.25) is 0 Å². The van der Waals surface area contributed by atoms with E-state index in [0.29, 0.717) is 16.7 Å². The van der Waals surface area contributed by atoms with E-state index in [-0.39, 0.29) is 11.3 Å². The highest BCUT2D eigenvalue weighted by Gasteiger charge is 2.25. The van der Waals surface area contributed by atoms with E-state index in [0.717, 1.165) is 0 Å². The van der Waals surface area contributed by atoms with Gasteiger partial charge >= 0.3 is 5.97 Å². The minimum absolute atomic E-state index is 0.207. The van der Waals surface area contributed by atoms with Gasteiger partial charge in [0.25, 0.3) is 5.56 Å². The Hall–Kier alpha value is -2.37. The summed E-state index contributed by atoms with van der Waals surface area (Å²) in [5.41, 5.74) is -0.478. The van der Waals surface area contributed by atoms with Crippen LogP contribution in [0.5, 0.6) is 11.5 Å². The third-order valence-corrected chi connectivity index (χ3v) is 2.74. The molecule has 0 aliphatic heterocycles. The number of carbonyl (C=O) groups is 1. The molecule has 1 heterocycles. The minimum Gasteiger partial charge on any atom is -0.493 e. The predicted molar refractivity (Wildman–Crippen MR) is 74.0 cm³/mol. The maximum absolute atomic E-state index is 11.9. The Morgan fingerprint density at radius 2 is 1.95 bits per heavy atom. The van der Waals surface area contributed by atoms with Crippen molar-refractivity contribution in [3.63, 3.8) is 0 Å². The molecule has 0 radical (unpaired) electrons. The maximum Gasteiger partial charge on any atom is 0.316 e. The van der Waals surface area contributed by atoms with Gasteiger partial charge in [0, 0.05) is 6.07 Å². The highest BCUT2D eigenvalue weighted by atomic mass is 16.6. The molecule has 2 rings (SSSR count). The molecular formula is C14H16N2O4. The molecule has 6 heteroatoms. The number of esters is 1. The molecule has 1 N–H and O–H groups in total. The van der Waals surface area contributed by atoms with Crippen LogP contribution < -0.4 is 15.0 Å². The Morgan fingerprint density at radius 3 is 2.55 bits per heavy atom. The smallest absolute Gasteiger partial charge is 0.316 e. The molecular weight excluding hydrogens is 260 g/mol. The van der Waals surface area contributed by atoms with Crippen LogP contribution in [0.25, 0.3) is 10.9 Å². The zero-order valence-corrected chi connectivity index (χ0v) is 11.8. The quantitative estimate of drug-likeness (QED) is 0.669. The van der Waals surface area contributed by atoms with Crippen LogP contribution in [0.15, 0.2) is 23.3 Å². The first-order valence-corrected chi connectivity index (χ1v) is 6.10. The highest BCUT2D eigenvalue weighted by Crippen LogP contribution is 2.32. The number of hydrogen-bond acceptors (Lipinski definition) is 5. The first-order valence-electron chi connectivity index (χ1n) is 6.10. The first kappa shape index (κ1) is 14.0. The summed E-state index contributed by atoms with van der Waals surface area (Å²) >= 11 is 0. The molecule has 20 heavy (non-hydrogen) atoms. The zero-order valence-electron chi connectivity index (χ0n) is 11.8. The summed E-state index contributed by atoms with van der Waals surface area (Å²) in [6.45, 7) is 5.24. The van der Waals surface area contributed by atoms with Crippen LogP contribution in [0.4, 0.5) is 0 Å². The monoisotopic (exact) mass is 276 g/mol. The maximum atomic E-state index is 11.9. The Bertz CT molecular complexity index is 713. The summed E-state index contributed by atoms with van der Waals surface area (Å²) in [4.78, 5) is 30.2. The number of carbonyl (C=O) groups excluding carboxylic acids is 1. The Morgan fingerprint density at radius 1 is 1.25 bits per heavy atom. The normalized spacial score (nSPS) is 11.4. The van der Waals surface area contributed by atoms with Crippen LogP contribution >= 0.6 is 0 Å². The number of nitrogens with zero attached hydrogens (tertiary/aromatic N) is 1.